The van der Waals surface area contributed by atoms with E-state index in [2.05, 4.69) is 10.5 Å². The molecule has 1 N–H and O–H groups in total. The summed E-state index contributed by atoms with van der Waals surface area (Å²) in [5.74, 6) is -0.0528. The van der Waals surface area contributed by atoms with Crippen LogP contribution in [-0.2, 0) is 4.79 Å². The Kier molecular flexibility index (Phi) is 5.92. The third-order valence-corrected chi connectivity index (χ3v) is 4.61. The molecule has 5 heteroatoms. The molecule has 20 heavy (non-hydrogen) atoms. The Labute approximate surface area is 129 Å². The van der Waals surface area contributed by atoms with Crippen molar-refractivity contribution in [2.45, 2.75) is 49.2 Å². The van der Waals surface area contributed by atoms with Crippen LogP contribution in [0.2, 0.25) is 5.02 Å². The lowest BCUT2D eigenvalue weighted by molar-refractivity contribution is -0.120. The van der Waals surface area contributed by atoms with E-state index in [1.807, 2.05) is 31.2 Å². The summed E-state index contributed by atoms with van der Waals surface area (Å²) in [5.41, 5.74) is 3.80. The number of amides is 1. The van der Waals surface area contributed by atoms with Gasteiger partial charge in [-0.3, -0.25) is 4.79 Å². The Bertz CT molecular complexity index is 479. The molecule has 0 aliphatic heterocycles. The molecule has 1 aromatic rings. The molecular formula is C15H19ClN2OS. The van der Waals surface area contributed by atoms with Crippen LogP contribution in [-0.4, -0.2) is 16.9 Å². The van der Waals surface area contributed by atoms with Crippen molar-refractivity contribution in [3.05, 3.63) is 29.3 Å². The van der Waals surface area contributed by atoms with Crippen molar-refractivity contribution < 1.29 is 4.79 Å². The summed E-state index contributed by atoms with van der Waals surface area (Å²) in [5, 5.41) is 4.77. The maximum Gasteiger partial charge on any atom is 0.253 e. The minimum Gasteiger partial charge on any atom is -0.272 e. The summed E-state index contributed by atoms with van der Waals surface area (Å²) < 4.78 is 0. The van der Waals surface area contributed by atoms with E-state index >= 15 is 0 Å². The zero-order chi connectivity index (χ0) is 14.4. The first-order valence-electron chi connectivity index (χ1n) is 6.92. The molecule has 0 bridgehead atoms. The maximum atomic E-state index is 12.0. The second kappa shape index (κ2) is 7.70. The number of hydrogen-bond donors (Lipinski definition) is 1. The van der Waals surface area contributed by atoms with Crippen molar-refractivity contribution in [1.29, 1.82) is 0 Å². The van der Waals surface area contributed by atoms with Gasteiger partial charge >= 0.3 is 0 Å². The number of benzene rings is 1. The lowest BCUT2D eigenvalue weighted by Crippen LogP contribution is -2.28. The Morgan fingerprint density at radius 1 is 1.25 bits per heavy atom. The minimum absolute atomic E-state index is 0.0528. The van der Waals surface area contributed by atoms with Crippen molar-refractivity contribution in [3.63, 3.8) is 0 Å². The highest BCUT2D eigenvalue weighted by atomic mass is 35.5. The van der Waals surface area contributed by atoms with Gasteiger partial charge in [0, 0.05) is 15.6 Å². The number of halogens is 1. The second-order valence-corrected chi connectivity index (χ2v) is 6.78. The fourth-order valence-electron chi connectivity index (χ4n) is 2.07. The largest absolute Gasteiger partial charge is 0.272 e. The summed E-state index contributed by atoms with van der Waals surface area (Å²) in [4.78, 5) is 13.0. The zero-order valence-electron chi connectivity index (χ0n) is 11.6. The van der Waals surface area contributed by atoms with E-state index in [4.69, 9.17) is 11.6 Å². The minimum atomic E-state index is -0.177. The quantitative estimate of drug-likeness (QED) is 0.667. The van der Waals surface area contributed by atoms with Crippen molar-refractivity contribution in [3.8, 4) is 0 Å². The molecule has 1 amide bonds. The fourth-order valence-corrected chi connectivity index (χ4v) is 3.05. The molecule has 0 radical (unpaired) electrons. The summed E-state index contributed by atoms with van der Waals surface area (Å²) in [6.07, 6.45) is 5.67. The van der Waals surface area contributed by atoms with Gasteiger partial charge in [-0.25, -0.2) is 5.43 Å². The molecule has 1 aliphatic carbocycles. The average Bonchev–Trinajstić information content (AvgIpc) is 2.48. The molecular weight excluding hydrogens is 292 g/mol. The van der Waals surface area contributed by atoms with Crippen molar-refractivity contribution in [2.24, 2.45) is 5.10 Å². The fraction of sp³-hybridized carbons (Fsp3) is 0.467. The predicted octanol–water partition coefficient (Wildman–Crippen LogP) is 4.26. The normalized spacial score (nSPS) is 16.6. The van der Waals surface area contributed by atoms with E-state index in [1.165, 1.54) is 31.0 Å². The van der Waals surface area contributed by atoms with Gasteiger partial charge in [0.25, 0.3) is 5.91 Å². The zero-order valence-corrected chi connectivity index (χ0v) is 13.1. The van der Waals surface area contributed by atoms with Crippen molar-refractivity contribution in [2.75, 3.05) is 0 Å². The molecule has 1 atom stereocenters. The van der Waals surface area contributed by atoms with E-state index in [1.54, 1.807) is 0 Å². The highest BCUT2D eigenvalue weighted by Gasteiger charge is 2.14. The van der Waals surface area contributed by atoms with Crippen LogP contribution in [0, 0.1) is 0 Å². The molecule has 3 nitrogen and oxygen atoms in total. The monoisotopic (exact) mass is 310 g/mol. The Morgan fingerprint density at radius 3 is 2.55 bits per heavy atom. The van der Waals surface area contributed by atoms with Crippen LogP contribution < -0.4 is 5.43 Å². The van der Waals surface area contributed by atoms with Crippen LogP contribution in [0.5, 0.6) is 0 Å². The van der Waals surface area contributed by atoms with Gasteiger partial charge in [0.15, 0.2) is 0 Å². The standard InChI is InChI=1S/C15H19ClN2OS/c1-11(20-14-9-7-12(16)8-10-14)15(19)18-17-13-5-3-2-4-6-13/h7-11H,2-6H2,1H3,(H,18,19)/t11-/m0/s1. The van der Waals surface area contributed by atoms with Gasteiger partial charge in [-0.2, -0.15) is 5.10 Å². The van der Waals surface area contributed by atoms with Gasteiger partial charge in [0.2, 0.25) is 0 Å². The molecule has 0 unspecified atom stereocenters. The molecule has 1 aromatic carbocycles. The van der Waals surface area contributed by atoms with Crippen LogP contribution in [0.15, 0.2) is 34.3 Å². The molecule has 1 fully saturated rings. The van der Waals surface area contributed by atoms with Gasteiger partial charge in [-0.1, -0.05) is 18.0 Å². The van der Waals surface area contributed by atoms with E-state index in [-0.39, 0.29) is 11.2 Å². The number of rotatable bonds is 4. The first-order valence-corrected chi connectivity index (χ1v) is 8.18. The molecule has 2 rings (SSSR count). The number of hydrogen-bond acceptors (Lipinski definition) is 3. The summed E-state index contributed by atoms with van der Waals surface area (Å²) in [6.45, 7) is 1.88. The van der Waals surface area contributed by atoms with Crippen molar-refractivity contribution >= 4 is 35.0 Å². The molecule has 0 aromatic heterocycles. The molecule has 0 spiro atoms. The topological polar surface area (TPSA) is 41.5 Å². The third kappa shape index (κ3) is 4.84. The Morgan fingerprint density at radius 2 is 1.90 bits per heavy atom. The average molecular weight is 311 g/mol. The molecule has 1 aliphatic rings. The molecule has 1 saturated carbocycles. The summed E-state index contributed by atoms with van der Waals surface area (Å²) >= 11 is 7.35. The van der Waals surface area contributed by atoms with Gasteiger partial charge < -0.3 is 0 Å². The van der Waals surface area contributed by atoms with E-state index in [9.17, 15) is 4.79 Å². The number of nitrogens with one attached hydrogen (secondary N) is 1. The van der Waals surface area contributed by atoms with E-state index < -0.39 is 0 Å². The highest BCUT2D eigenvalue weighted by molar-refractivity contribution is 8.00. The number of nitrogens with zero attached hydrogens (tertiary/aromatic N) is 1. The highest BCUT2D eigenvalue weighted by Crippen LogP contribution is 2.24. The number of thioether (sulfide) groups is 1. The SMILES string of the molecule is C[C@H](Sc1ccc(Cl)cc1)C(=O)NN=C1CCCCC1. The first kappa shape index (κ1) is 15.4. The van der Waals surface area contributed by atoms with Gasteiger partial charge in [-0.15, -0.1) is 11.8 Å². The Hall–Kier alpha value is -1.00. The van der Waals surface area contributed by atoms with Crippen LogP contribution >= 0.6 is 23.4 Å². The van der Waals surface area contributed by atoms with Crippen LogP contribution in [0.1, 0.15) is 39.0 Å². The van der Waals surface area contributed by atoms with Gasteiger partial charge in [0.05, 0.1) is 5.25 Å². The molecule has 0 saturated heterocycles. The Balaban J connectivity index is 1.83. The molecule has 0 heterocycles. The lowest BCUT2D eigenvalue weighted by Gasteiger charge is -2.13. The van der Waals surface area contributed by atoms with Crippen molar-refractivity contribution in [1.82, 2.24) is 5.43 Å². The predicted molar refractivity (Wildman–Crippen MR) is 85.4 cm³/mol. The number of hydrazone groups is 1. The van der Waals surface area contributed by atoms with Crippen LogP contribution in [0.3, 0.4) is 0 Å². The second-order valence-electron chi connectivity index (χ2n) is 4.93. The van der Waals surface area contributed by atoms with Gasteiger partial charge in [-0.05, 0) is 56.9 Å². The van der Waals surface area contributed by atoms with Crippen LogP contribution in [0.25, 0.3) is 0 Å². The maximum absolute atomic E-state index is 12.0. The number of carbonyl (C=O) groups excluding carboxylic acids is 1. The number of carbonyl (C=O) groups is 1. The van der Waals surface area contributed by atoms with E-state index in [0.717, 1.165) is 23.4 Å². The summed E-state index contributed by atoms with van der Waals surface area (Å²) in [7, 11) is 0. The molecule has 108 valence electrons. The van der Waals surface area contributed by atoms with Gasteiger partial charge in [0.1, 0.15) is 0 Å². The van der Waals surface area contributed by atoms with Crippen LogP contribution in [0.4, 0.5) is 0 Å². The summed E-state index contributed by atoms with van der Waals surface area (Å²) in [6, 6.07) is 7.50. The third-order valence-electron chi connectivity index (χ3n) is 3.25. The first-order chi connectivity index (χ1) is 9.65. The lowest BCUT2D eigenvalue weighted by atomic mass is 9.99. The smallest absolute Gasteiger partial charge is 0.253 e. The van der Waals surface area contributed by atoms with E-state index in [0.29, 0.717) is 5.02 Å².